The van der Waals surface area contributed by atoms with Crippen LogP contribution >= 0.6 is 0 Å². The topological polar surface area (TPSA) is 64.7 Å². The van der Waals surface area contributed by atoms with Crippen molar-refractivity contribution in [3.63, 3.8) is 0 Å². The fourth-order valence-corrected chi connectivity index (χ4v) is 6.95. The highest BCUT2D eigenvalue weighted by molar-refractivity contribution is 6.05. The van der Waals surface area contributed by atoms with Crippen molar-refractivity contribution in [3.8, 4) is 78.7 Å². The van der Waals surface area contributed by atoms with Crippen LogP contribution in [0.15, 0.2) is 194 Å². The Hall–Kier alpha value is -7.17. The predicted octanol–water partition coefficient (Wildman–Crippen LogP) is 12.3. The summed E-state index contributed by atoms with van der Waals surface area (Å²) >= 11 is 0. The summed E-state index contributed by atoms with van der Waals surface area (Å²) < 4.78 is 0. The van der Waals surface area contributed by atoms with E-state index in [9.17, 15) is 0 Å². The van der Waals surface area contributed by atoms with Gasteiger partial charge in [0.1, 0.15) is 0 Å². The lowest BCUT2D eigenvalue weighted by molar-refractivity contribution is 1.07. The van der Waals surface area contributed by atoms with E-state index in [1.807, 2.05) is 78.9 Å². The first-order valence-corrected chi connectivity index (χ1v) is 17.7. The maximum absolute atomic E-state index is 6.01. The second kappa shape index (κ2) is 13.9. The van der Waals surface area contributed by atoms with Crippen molar-refractivity contribution in [2.75, 3.05) is 5.73 Å². The molecule has 0 unspecified atom stereocenters. The summed E-state index contributed by atoms with van der Waals surface area (Å²) in [6.07, 6.45) is 0. The zero-order valence-corrected chi connectivity index (χ0v) is 28.9. The van der Waals surface area contributed by atoms with Crippen molar-refractivity contribution in [1.82, 2.24) is 15.0 Å². The minimum atomic E-state index is 0.644. The third kappa shape index (κ3) is 6.46. The fraction of sp³-hybridized carbons (Fsp3) is 0. The SMILES string of the molecule is Nc1cccc(-c2ccc(-c3ccc(-c4ccc(-c5ccc(-c6nc(-c7ccccc7)nc(-c7ccccc7)n6)cc5)c5ccccc45)cc3)cc2)c1. The summed E-state index contributed by atoms with van der Waals surface area (Å²) in [6.45, 7) is 0. The first-order chi connectivity index (χ1) is 26.2. The van der Waals surface area contributed by atoms with Crippen LogP contribution in [0.2, 0.25) is 0 Å². The van der Waals surface area contributed by atoms with Gasteiger partial charge in [-0.3, -0.25) is 0 Å². The molecule has 1 heterocycles. The second-order valence-electron chi connectivity index (χ2n) is 13.1. The van der Waals surface area contributed by atoms with Gasteiger partial charge in [0.25, 0.3) is 0 Å². The van der Waals surface area contributed by atoms with E-state index in [1.54, 1.807) is 0 Å². The molecule has 0 radical (unpaired) electrons. The Morgan fingerprint density at radius 1 is 0.264 bits per heavy atom. The van der Waals surface area contributed by atoms with Gasteiger partial charge in [0.2, 0.25) is 0 Å². The summed E-state index contributed by atoms with van der Waals surface area (Å²) in [5.41, 5.74) is 19.0. The average Bonchev–Trinajstić information content (AvgIpc) is 3.24. The first kappa shape index (κ1) is 31.8. The highest BCUT2D eigenvalue weighted by Gasteiger charge is 2.14. The van der Waals surface area contributed by atoms with Crippen LogP contribution in [0.3, 0.4) is 0 Å². The number of rotatable bonds is 7. The molecule has 0 saturated heterocycles. The minimum Gasteiger partial charge on any atom is -0.399 e. The number of nitrogens with zero attached hydrogens (tertiary/aromatic N) is 3. The molecule has 53 heavy (non-hydrogen) atoms. The van der Waals surface area contributed by atoms with Crippen molar-refractivity contribution in [1.29, 1.82) is 0 Å². The van der Waals surface area contributed by atoms with E-state index in [0.717, 1.165) is 39.1 Å². The summed E-state index contributed by atoms with van der Waals surface area (Å²) in [7, 11) is 0. The van der Waals surface area contributed by atoms with Crippen LogP contribution in [0.5, 0.6) is 0 Å². The van der Waals surface area contributed by atoms with Gasteiger partial charge in [-0.2, -0.15) is 0 Å². The minimum absolute atomic E-state index is 0.644. The van der Waals surface area contributed by atoms with Crippen LogP contribution in [0.4, 0.5) is 5.69 Å². The van der Waals surface area contributed by atoms with E-state index < -0.39 is 0 Å². The van der Waals surface area contributed by atoms with Crippen molar-refractivity contribution in [2.24, 2.45) is 0 Å². The number of aromatic nitrogens is 3. The van der Waals surface area contributed by atoms with Gasteiger partial charge in [-0.15, -0.1) is 0 Å². The van der Waals surface area contributed by atoms with E-state index in [4.69, 9.17) is 20.7 Å². The maximum Gasteiger partial charge on any atom is 0.164 e. The van der Waals surface area contributed by atoms with Gasteiger partial charge in [-0.1, -0.05) is 182 Å². The summed E-state index contributed by atoms with van der Waals surface area (Å²) in [4.78, 5) is 14.7. The molecule has 0 saturated carbocycles. The van der Waals surface area contributed by atoms with E-state index >= 15 is 0 Å². The molecule has 0 spiro atoms. The molecule has 250 valence electrons. The van der Waals surface area contributed by atoms with Crippen molar-refractivity contribution >= 4 is 16.5 Å². The van der Waals surface area contributed by atoms with Gasteiger partial charge >= 0.3 is 0 Å². The second-order valence-corrected chi connectivity index (χ2v) is 13.1. The third-order valence-electron chi connectivity index (χ3n) is 9.71. The molecule has 0 fully saturated rings. The Bertz CT molecular complexity index is 2630. The lowest BCUT2D eigenvalue weighted by atomic mass is 9.91. The van der Waals surface area contributed by atoms with Gasteiger partial charge in [0.15, 0.2) is 17.5 Å². The molecule has 0 aliphatic rings. The summed E-state index contributed by atoms with van der Waals surface area (Å²) in [5.74, 6) is 1.95. The molecular formula is C49H34N4. The number of nitrogen functional groups attached to an aromatic ring is 1. The molecule has 9 aromatic rings. The molecule has 2 N–H and O–H groups in total. The third-order valence-corrected chi connectivity index (χ3v) is 9.71. The molecule has 0 bridgehead atoms. The zero-order chi connectivity index (χ0) is 35.6. The standard InChI is InChI=1S/C49H34N4/c50-42-15-9-14-41(32-42)35-20-18-33(19-21-35)34-22-24-36(25-23-34)43-30-31-44(46-17-8-7-16-45(43)46)37-26-28-40(29-27-37)49-52-47(38-10-3-1-4-11-38)51-48(53-49)39-12-5-2-6-13-39/h1-32H,50H2. The monoisotopic (exact) mass is 678 g/mol. The Morgan fingerprint density at radius 3 is 1.04 bits per heavy atom. The van der Waals surface area contributed by atoms with E-state index in [2.05, 4.69) is 115 Å². The van der Waals surface area contributed by atoms with Crippen LogP contribution in [-0.2, 0) is 0 Å². The Balaban J connectivity index is 1.02. The van der Waals surface area contributed by atoms with Gasteiger partial charge < -0.3 is 5.73 Å². The number of anilines is 1. The predicted molar refractivity (Wildman–Crippen MR) is 220 cm³/mol. The molecule has 0 aliphatic carbocycles. The molecule has 0 aliphatic heterocycles. The van der Waals surface area contributed by atoms with Gasteiger partial charge in [0, 0.05) is 22.4 Å². The number of fused-ring (bicyclic) bond motifs is 1. The van der Waals surface area contributed by atoms with Gasteiger partial charge in [-0.05, 0) is 67.4 Å². The summed E-state index contributed by atoms with van der Waals surface area (Å²) in [5, 5.41) is 2.42. The molecule has 0 atom stereocenters. The Labute approximate surface area is 309 Å². The molecule has 9 rings (SSSR count). The lowest BCUT2D eigenvalue weighted by Gasteiger charge is -2.13. The zero-order valence-electron chi connectivity index (χ0n) is 28.9. The van der Waals surface area contributed by atoms with Crippen LogP contribution in [0.25, 0.3) is 89.4 Å². The molecular weight excluding hydrogens is 645 g/mol. The van der Waals surface area contributed by atoms with E-state index in [1.165, 1.54) is 38.6 Å². The van der Waals surface area contributed by atoms with Crippen LogP contribution in [0, 0.1) is 0 Å². The van der Waals surface area contributed by atoms with Crippen molar-refractivity contribution in [3.05, 3.63) is 194 Å². The normalized spacial score (nSPS) is 11.1. The largest absolute Gasteiger partial charge is 0.399 e. The van der Waals surface area contributed by atoms with Crippen molar-refractivity contribution < 1.29 is 0 Å². The van der Waals surface area contributed by atoms with Crippen LogP contribution < -0.4 is 5.73 Å². The van der Waals surface area contributed by atoms with Crippen LogP contribution in [-0.4, -0.2) is 15.0 Å². The van der Waals surface area contributed by atoms with E-state index in [-0.39, 0.29) is 0 Å². The average molecular weight is 679 g/mol. The number of hydrogen-bond donors (Lipinski definition) is 1. The molecule has 4 nitrogen and oxygen atoms in total. The number of hydrogen-bond acceptors (Lipinski definition) is 4. The van der Waals surface area contributed by atoms with Gasteiger partial charge in [-0.25, -0.2) is 15.0 Å². The Morgan fingerprint density at radius 2 is 0.604 bits per heavy atom. The van der Waals surface area contributed by atoms with Gasteiger partial charge in [0.05, 0.1) is 0 Å². The number of benzene rings is 8. The quantitative estimate of drug-likeness (QED) is 0.170. The van der Waals surface area contributed by atoms with Crippen LogP contribution in [0.1, 0.15) is 0 Å². The van der Waals surface area contributed by atoms with E-state index in [0.29, 0.717) is 17.5 Å². The highest BCUT2D eigenvalue weighted by Crippen LogP contribution is 2.37. The molecule has 4 heteroatoms. The smallest absolute Gasteiger partial charge is 0.164 e. The summed E-state index contributed by atoms with van der Waals surface area (Å²) in [6, 6.07) is 67.3. The Kier molecular flexibility index (Phi) is 8.31. The fourth-order valence-electron chi connectivity index (χ4n) is 6.95. The molecule has 1 aromatic heterocycles. The molecule has 8 aromatic carbocycles. The van der Waals surface area contributed by atoms with Crippen molar-refractivity contribution in [2.45, 2.75) is 0 Å². The number of nitrogens with two attached hydrogens (primary N) is 1. The lowest BCUT2D eigenvalue weighted by Crippen LogP contribution is -2.00. The molecule has 0 amide bonds. The highest BCUT2D eigenvalue weighted by atomic mass is 15.0. The first-order valence-electron chi connectivity index (χ1n) is 17.7. The maximum atomic E-state index is 6.01.